The Labute approximate surface area is 94.1 Å². The molecule has 0 saturated carbocycles. The van der Waals surface area contributed by atoms with Crippen LogP contribution in [0.25, 0.3) is 0 Å². The maximum Gasteiger partial charge on any atom is 0.185 e. The van der Waals surface area contributed by atoms with Crippen LogP contribution in [0.1, 0.15) is 18.5 Å². The van der Waals surface area contributed by atoms with Crippen LogP contribution in [0.2, 0.25) is 0 Å². The number of ether oxygens (including phenoxy) is 1. The van der Waals surface area contributed by atoms with Crippen molar-refractivity contribution in [1.82, 2.24) is 4.98 Å². The van der Waals surface area contributed by atoms with E-state index in [1.54, 1.807) is 11.3 Å². The third-order valence-electron chi connectivity index (χ3n) is 2.65. The summed E-state index contributed by atoms with van der Waals surface area (Å²) in [6.07, 6.45) is 0. The van der Waals surface area contributed by atoms with E-state index in [1.807, 2.05) is 0 Å². The van der Waals surface area contributed by atoms with Gasteiger partial charge in [-0.25, -0.2) is 4.98 Å². The quantitative estimate of drug-likeness (QED) is 0.838. The van der Waals surface area contributed by atoms with Gasteiger partial charge < -0.3 is 15.4 Å². The standard InChI is InChI=1S/C10H17N3OS/c1-8(6-11)9-7-15-10(12-9)13-2-4-14-5-3-13/h7-8H,2-6,11H2,1H3. The summed E-state index contributed by atoms with van der Waals surface area (Å²) in [5, 5.41) is 3.22. The van der Waals surface area contributed by atoms with Crippen LogP contribution < -0.4 is 10.6 Å². The molecule has 2 rings (SSSR count). The summed E-state index contributed by atoms with van der Waals surface area (Å²) < 4.78 is 5.31. The molecule has 0 radical (unpaired) electrons. The monoisotopic (exact) mass is 227 g/mol. The van der Waals surface area contributed by atoms with E-state index in [2.05, 4.69) is 22.2 Å². The van der Waals surface area contributed by atoms with Crippen molar-refractivity contribution in [2.75, 3.05) is 37.7 Å². The van der Waals surface area contributed by atoms with Gasteiger partial charge in [0.1, 0.15) is 0 Å². The van der Waals surface area contributed by atoms with Gasteiger partial charge in [-0.3, -0.25) is 0 Å². The lowest BCUT2D eigenvalue weighted by molar-refractivity contribution is 0.122. The van der Waals surface area contributed by atoms with Gasteiger partial charge in [0, 0.05) is 30.9 Å². The van der Waals surface area contributed by atoms with E-state index in [1.165, 1.54) is 0 Å². The fraction of sp³-hybridized carbons (Fsp3) is 0.700. The Morgan fingerprint density at radius 2 is 2.33 bits per heavy atom. The first-order valence-electron chi connectivity index (χ1n) is 5.29. The van der Waals surface area contributed by atoms with E-state index in [0.29, 0.717) is 12.5 Å². The Kier molecular flexibility index (Phi) is 3.56. The van der Waals surface area contributed by atoms with E-state index < -0.39 is 0 Å². The van der Waals surface area contributed by atoms with Crippen molar-refractivity contribution < 1.29 is 4.74 Å². The van der Waals surface area contributed by atoms with Gasteiger partial charge in [0.25, 0.3) is 0 Å². The second-order valence-corrected chi connectivity index (χ2v) is 4.63. The van der Waals surface area contributed by atoms with Gasteiger partial charge in [0.15, 0.2) is 5.13 Å². The number of nitrogens with two attached hydrogens (primary N) is 1. The average Bonchev–Trinajstić information content (AvgIpc) is 2.78. The first-order chi connectivity index (χ1) is 7.31. The van der Waals surface area contributed by atoms with Gasteiger partial charge in [0.2, 0.25) is 0 Å². The molecule has 2 heterocycles. The molecule has 84 valence electrons. The number of rotatable bonds is 3. The lowest BCUT2D eigenvalue weighted by Crippen LogP contribution is -2.36. The molecule has 1 aliphatic rings. The molecule has 0 amide bonds. The summed E-state index contributed by atoms with van der Waals surface area (Å²) in [5.74, 6) is 0.357. The third-order valence-corrected chi connectivity index (χ3v) is 3.57. The second-order valence-electron chi connectivity index (χ2n) is 3.79. The lowest BCUT2D eigenvalue weighted by Gasteiger charge is -2.26. The zero-order chi connectivity index (χ0) is 10.7. The molecule has 5 heteroatoms. The van der Waals surface area contributed by atoms with Crippen LogP contribution in [0.15, 0.2) is 5.38 Å². The maximum atomic E-state index is 5.62. The van der Waals surface area contributed by atoms with Gasteiger partial charge in [-0.2, -0.15) is 0 Å². The molecule has 1 aromatic rings. The normalized spacial score (nSPS) is 19.2. The Balaban J connectivity index is 2.05. The topological polar surface area (TPSA) is 51.4 Å². The van der Waals surface area contributed by atoms with Crippen molar-refractivity contribution in [2.45, 2.75) is 12.8 Å². The van der Waals surface area contributed by atoms with Gasteiger partial charge in [-0.05, 0) is 0 Å². The van der Waals surface area contributed by atoms with Crippen LogP contribution >= 0.6 is 11.3 Å². The van der Waals surface area contributed by atoms with E-state index in [4.69, 9.17) is 10.5 Å². The predicted molar refractivity (Wildman–Crippen MR) is 62.6 cm³/mol. The zero-order valence-corrected chi connectivity index (χ0v) is 9.80. The van der Waals surface area contributed by atoms with Gasteiger partial charge >= 0.3 is 0 Å². The molecule has 0 spiro atoms. The highest BCUT2D eigenvalue weighted by Gasteiger charge is 2.16. The average molecular weight is 227 g/mol. The number of nitrogens with zero attached hydrogens (tertiary/aromatic N) is 2. The van der Waals surface area contributed by atoms with Gasteiger partial charge in [-0.15, -0.1) is 11.3 Å². The highest BCUT2D eigenvalue weighted by Crippen LogP contribution is 2.25. The highest BCUT2D eigenvalue weighted by molar-refractivity contribution is 7.13. The fourth-order valence-corrected chi connectivity index (χ4v) is 2.52. The van der Waals surface area contributed by atoms with Crippen molar-refractivity contribution in [3.8, 4) is 0 Å². The third kappa shape index (κ3) is 2.48. The smallest absolute Gasteiger partial charge is 0.185 e. The molecule has 1 atom stereocenters. The van der Waals surface area contributed by atoms with Crippen LogP contribution in [0, 0.1) is 0 Å². The number of anilines is 1. The van der Waals surface area contributed by atoms with Crippen LogP contribution in [-0.4, -0.2) is 37.8 Å². The fourth-order valence-electron chi connectivity index (χ4n) is 1.52. The summed E-state index contributed by atoms with van der Waals surface area (Å²) in [6, 6.07) is 0. The second kappa shape index (κ2) is 4.92. The summed E-state index contributed by atoms with van der Waals surface area (Å²) in [7, 11) is 0. The van der Waals surface area contributed by atoms with Crippen LogP contribution in [0.3, 0.4) is 0 Å². The van der Waals surface area contributed by atoms with Crippen molar-refractivity contribution in [3.63, 3.8) is 0 Å². The van der Waals surface area contributed by atoms with E-state index in [9.17, 15) is 0 Å². The molecule has 0 bridgehead atoms. The minimum atomic E-state index is 0.357. The summed E-state index contributed by atoms with van der Waals surface area (Å²) in [4.78, 5) is 6.89. The summed E-state index contributed by atoms with van der Waals surface area (Å²) in [6.45, 7) is 6.28. The SMILES string of the molecule is CC(CN)c1csc(N2CCOCC2)n1. The molecule has 4 nitrogen and oxygen atoms in total. The molecule has 1 aromatic heterocycles. The van der Waals surface area contributed by atoms with E-state index in [-0.39, 0.29) is 0 Å². The summed E-state index contributed by atoms with van der Waals surface area (Å²) in [5.41, 5.74) is 6.74. The van der Waals surface area contributed by atoms with Crippen LogP contribution in [0.4, 0.5) is 5.13 Å². The molecule has 1 unspecified atom stereocenters. The minimum absolute atomic E-state index is 0.357. The Hall–Kier alpha value is -0.650. The Morgan fingerprint density at radius 1 is 1.60 bits per heavy atom. The first-order valence-corrected chi connectivity index (χ1v) is 6.17. The lowest BCUT2D eigenvalue weighted by atomic mass is 10.1. The number of hydrogen-bond donors (Lipinski definition) is 1. The van der Waals surface area contributed by atoms with Crippen LogP contribution in [0.5, 0.6) is 0 Å². The number of aromatic nitrogens is 1. The van der Waals surface area contributed by atoms with E-state index >= 15 is 0 Å². The predicted octanol–water partition coefficient (Wildman–Crippen LogP) is 1.04. The minimum Gasteiger partial charge on any atom is -0.378 e. The molecular weight excluding hydrogens is 210 g/mol. The molecule has 0 aromatic carbocycles. The van der Waals surface area contributed by atoms with Gasteiger partial charge in [0.05, 0.1) is 18.9 Å². The molecular formula is C10H17N3OS. The highest BCUT2D eigenvalue weighted by atomic mass is 32.1. The molecule has 15 heavy (non-hydrogen) atoms. The van der Waals surface area contributed by atoms with Crippen molar-refractivity contribution in [3.05, 3.63) is 11.1 Å². The first kappa shape index (κ1) is 10.9. The molecule has 1 saturated heterocycles. The molecule has 1 aliphatic heterocycles. The van der Waals surface area contributed by atoms with E-state index in [0.717, 1.165) is 37.1 Å². The zero-order valence-electron chi connectivity index (χ0n) is 8.98. The molecule has 2 N–H and O–H groups in total. The summed E-state index contributed by atoms with van der Waals surface area (Å²) >= 11 is 1.70. The largest absolute Gasteiger partial charge is 0.378 e. The van der Waals surface area contributed by atoms with Crippen molar-refractivity contribution in [2.24, 2.45) is 5.73 Å². The number of thiazole rings is 1. The molecule has 1 fully saturated rings. The number of hydrogen-bond acceptors (Lipinski definition) is 5. The van der Waals surface area contributed by atoms with Crippen LogP contribution in [-0.2, 0) is 4.74 Å². The van der Waals surface area contributed by atoms with Crippen molar-refractivity contribution >= 4 is 16.5 Å². The van der Waals surface area contributed by atoms with Crippen molar-refractivity contribution in [1.29, 1.82) is 0 Å². The van der Waals surface area contributed by atoms with Gasteiger partial charge in [-0.1, -0.05) is 6.92 Å². The number of morpholine rings is 1. The molecule has 0 aliphatic carbocycles. The maximum absolute atomic E-state index is 5.62. The Morgan fingerprint density at radius 3 is 3.00 bits per heavy atom. The Bertz CT molecular complexity index is 309.